The van der Waals surface area contributed by atoms with E-state index in [2.05, 4.69) is 25.7 Å². The maximum atomic E-state index is 12.6. The first kappa shape index (κ1) is 16.6. The van der Waals surface area contributed by atoms with E-state index in [0.29, 0.717) is 17.1 Å². The van der Waals surface area contributed by atoms with Crippen molar-refractivity contribution in [3.63, 3.8) is 0 Å². The Kier molecular flexibility index (Phi) is 4.40. The molecule has 0 saturated heterocycles. The third-order valence-corrected chi connectivity index (χ3v) is 3.81. The van der Waals surface area contributed by atoms with Crippen molar-refractivity contribution >= 4 is 5.97 Å². The fourth-order valence-corrected chi connectivity index (χ4v) is 2.49. The van der Waals surface area contributed by atoms with Crippen LogP contribution < -0.4 is 0 Å². The molecule has 0 unspecified atom stereocenters. The van der Waals surface area contributed by atoms with Crippen LogP contribution in [0.2, 0.25) is 0 Å². The zero-order valence-corrected chi connectivity index (χ0v) is 14.3. The average molecular weight is 362 g/mol. The number of para-hydroxylation sites is 1. The van der Waals surface area contributed by atoms with Gasteiger partial charge in [-0.1, -0.05) is 30.3 Å². The molecule has 2 aromatic heterocycles. The molecule has 0 fully saturated rings. The van der Waals surface area contributed by atoms with Gasteiger partial charge in [-0.25, -0.2) is 4.79 Å². The van der Waals surface area contributed by atoms with Crippen LogP contribution >= 0.6 is 0 Å². The molecule has 0 N–H and O–H groups in total. The van der Waals surface area contributed by atoms with Crippen LogP contribution in [0.3, 0.4) is 0 Å². The number of hydrogen-bond acceptors (Lipinski definition) is 8. The number of aromatic nitrogens is 6. The number of tetrazole rings is 1. The largest absolute Gasteiger partial charge is 0.449 e. The third kappa shape index (κ3) is 3.43. The minimum Gasteiger partial charge on any atom is -0.449 e. The monoisotopic (exact) mass is 362 g/mol. The number of esters is 1. The Morgan fingerprint density at radius 3 is 2.63 bits per heavy atom. The van der Waals surface area contributed by atoms with Gasteiger partial charge in [0.1, 0.15) is 6.33 Å². The van der Waals surface area contributed by atoms with Gasteiger partial charge in [-0.3, -0.25) is 0 Å². The predicted molar refractivity (Wildman–Crippen MR) is 92.7 cm³/mol. The highest BCUT2D eigenvalue weighted by Gasteiger charge is 2.22. The molecule has 2 heterocycles. The van der Waals surface area contributed by atoms with Crippen molar-refractivity contribution in [2.24, 2.45) is 0 Å². The van der Waals surface area contributed by atoms with E-state index < -0.39 is 12.1 Å². The summed E-state index contributed by atoms with van der Waals surface area (Å²) >= 11 is 0. The Bertz CT molecular complexity index is 1050. The van der Waals surface area contributed by atoms with Gasteiger partial charge in [0.2, 0.25) is 5.89 Å². The van der Waals surface area contributed by atoms with Crippen molar-refractivity contribution < 1.29 is 13.9 Å². The first-order valence-corrected chi connectivity index (χ1v) is 8.14. The zero-order valence-electron chi connectivity index (χ0n) is 14.3. The molecular formula is C18H14N6O3. The lowest BCUT2D eigenvalue weighted by Crippen LogP contribution is -2.13. The molecule has 0 aliphatic rings. The topological polar surface area (TPSA) is 109 Å². The van der Waals surface area contributed by atoms with Crippen LogP contribution in [0.15, 0.2) is 65.3 Å². The number of nitrogens with zero attached hydrogens (tertiary/aromatic N) is 6. The lowest BCUT2D eigenvalue weighted by molar-refractivity contribution is 0.0279. The van der Waals surface area contributed by atoms with Crippen LogP contribution in [0.25, 0.3) is 17.1 Å². The van der Waals surface area contributed by atoms with Crippen LogP contribution in [0.5, 0.6) is 0 Å². The number of benzene rings is 2. The van der Waals surface area contributed by atoms with Gasteiger partial charge >= 0.3 is 5.97 Å². The van der Waals surface area contributed by atoms with E-state index >= 15 is 0 Å². The second-order valence-electron chi connectivity index (χ2n) is 5.63. The molecule has 0 aliphatic carbocycles. The summed E-state index contributed by atoms with van der Waals surface area (Å²) in [7, 11) is 0. The maximum Gasteiger partial charge on any atom is 0.341 e. The van der Waals surface area contributed by atoms with Gasteiger partial charge in [-0.15, -0.1) is 15.3 Å². The predicted octanol–water partition coefficient (Wildman–Crippen LogP) is 2.63. The van der Waals surface area contributed by atoms with E-state index in [9.17, 15) is 4.79 Å². The summed E-state index contributed by atoms with van der Waals surface area (Å²) in [6, 6.07) is 16.2. The molecule has 0 bridgehead atoms. The molecular weight excluding hydrogens is 348 g/mol. The molecule has 0 radical (unpaired) electrons. The van der Waals surface area contributed by atoms with E-state index in [-0.39, 0.29) is 5.89 Å². The smallest absolute Gasteiger partial charge is 0.341 e. The highest BCUT2D eigenvalue weighted by molar-refractivity contribution is 5.93. The standard InChI is InChI=1S/C18H14N6O3/c1-12(16-20-21-17(27-16)13-7-3-2-4-8-13)26-18(25)14-9-5-6-10-15(14)24-11-19-22-23-24/h2-12H,1H3/t12-/m0/s1. The van der Waals surface area contributed by atoms with Crippen molar-refractivity contribution in [2.45, 2.75) is 13.0 Å². The first-order chi connectivity index (χ1) is 13.2. The maximum absolute atomic E-state index is 12.6. The summed E-state index contributed by atoms with van der Waals surface area (Å²) in [5.41, 5.74) is 1.62. The van der Waals surface area contributed by atoms with Crippen LogP contribution in [-0.2, 0) is 4.74 Å². The molecule has 9 nitrogen and oxygen atoms in total. The molecule has 4 rings (SSSR count). The van der Waals surface area contributed by atoms with Crippen LogP contribution in [-0.4, -0.2) is 36.4 Å². The third-order valence-electron chi connectivity index (χ3n) is 3.81. The molecule has 4 aromatic rings. The first-order valence-electron chi connectivity index (χ1n) is 8.14. The normalized spacial score (nSPS) is 11.9. The van der Waals surface area contributed by atoms with Gasteiger partial charge in [0.25, 0.3) is 5.89 Å². The van der Waals surface area contributed by atoms with Gasteiger partial charge < -0.3 is 9.15 Å². The number of ether oxygens (including phenoxy) is 1. The van der Waals surface area contributed by atoms with Gasteiger partial charge in [0.05, 0.1) is 11.3 Å². The number of hydrogen-bond donors (Lipinski definition) is 0. The second kappa shape index (κ2) is 7.16. The van der Waals surface area contributed by atoms with Crippen LogP contribution in [0.1, 0.15) is 29.3 Å². The summed E-state index contributed by atoms with van der Waals surface area (Å²) in [4.78, 5) is 12.6. The van der Waals surface area contributed by atoms with E-state index in [0.717, 1.165) is 5.56 Å². The highest BCUT2D eigenvalue weighted by Crippen LogP contribution is 2.24. The Labute approximate surface area is 153 Å². The van der Waals surface area contributed by atoms with Gasteiger partial charge in [0, 0.05) is 5.56 Å². The van der Waals surface area contributed by atoms with Crippen molar-refractivity contribution in [2.75, 3.05) is 0 Å². The molecule has 0 saturated carbocycles. The minimum absolute atomic E-state index is 0.210. The fraction of sp³-hybridized carbons (Fsp3) is 0.111. The van der Waals surface area contributed by atoms with Gasteiger partial charge in [0.15, 0.2) is 6.10 Å². The highest BCUT2D eigenvalue weighted by atomic mass is 16.6. The van der Waals surface area contributed by atoms with Gasteiger partial charge in [-0.05, 0) is 41.6 Å². The van der Waals surface area contributed by atoms with E-state index in [1.54, 1.807) is 31.2 Å². The van der Waals surface area contributed by atoms with E-state index in [1.165, 1.54) is 11.0 Å². The molecule has 134 valence electrons. The summed E-state index contributed by atoms with van der Waals surface area (Å²) in [6.45, 7) is 1.67. The summed E-state index contributed by atoms with van der Waals surface area (Å²) in [6.07, 6.45) is 0.684. The molecule has 0 spiro atoms. The quantitative estimate of drug-likeness (QED) is 0.498. The minimum atomic E-state index is -0.718. The number of rotatable bonds is 5. The molecule has 0 aliphatic heterocycles. The second-order valence-corrected chi connectivity index (χ2v) is 5.63. The fourth-order valence-electron chi connectivity index (χ4n) is 2.49. The summed E-state index contributed by atoms with van der Waals surface area (Å²) in [5, 5.41) is 19.0. The van der Waals surface area contributed by atoms with Crippen molar-refractivity contribution in [1.82, 2.24) is 30.4 Å². The Hall–Kier alpha value is -3.88. The molecule has 27 heavy (non-hydrogen) atoms. The van der Waals surface area contributed by atoms with E-state index in [1.807, 2.05) is 30.3 Å². The molecule has 0 amide bonds. The SMILES string of the molecule is C[C@H](OC(=O)c1ccccc1-n1cnnn1)c1nnc(-c2ccccc2)o1. The van der Waals surface area contributed by atoms with Crippen molar-refractivity contribution in [1.29, 1.82) is 0 Å². The van der Waals surface area contributed by atoms with Crippen LogP contribution in [0.4, 0.5) is 0 Å². The van der Waals surface area contributed by atoms with Crippen LogP contribution in [0, 0.1) is 0 Å². The van der Waals surface area contributed by atoms with E-state index in [4.69, 9.17) is 9.15 Å². The average Bonchev–Trinajstić information content (AvgIpc) is 3.41. The van der Waals surface area contributed by atoms with Gasteiger partial charge in [-0.2, -0.15) is 4.68 Å². The summed E-state index contributed by atoms with van der Waals surface area (Å²) < 4.78 is 12.5. The van der Waals surface area contributed by atoms with Crippen molar-refractivity contribution in [3.05, 3.63) is 72.4 Å². The Morgan fingerprint density at radius 2 is 1.85 bits per heavy atom. The number of carbonyl (C=O) groups excluding carboxylic acids is 1. The molecule has 2 aromatic carbocycles. The molecule has 1 atom stereocenters. The summed E-state index contributed by atoms with van der Waals surface area (Å²) in [5.74, 6) is 0.0257. The van der Waals surface area contributed by atoms with Crippen molar-refractivity contribution in [3.8, 4) is 17.1 Å². The Balaban J connectivity index is 1.53. The molecule has 9 heteroatoms. The lowest BCUT2D eigenvalue weighted by atomic mass is 10.2. The Morgan fingerprint density at radius 1 is 1.07 bits per heavy atom. The zero-order chi connectivity index (χ0) is 18.6. The number of carbonyl (C=O) groups is 1. The lowest BCUT2D eigenvalue weighted by Gasteiger charge is -2.11.